The molecule has 0 spiro atoms. The molecule has 0 saturated carbocycles. The van der Waals surface area contributed by atoms with Gasteiger partial charge in [0.05, 0.1) is 16.2 Å². The zero-order valence-corrected chi connectivity index (χ0v) is 21.1. The number of halogens is 2. The van der Waals surface area contributed by atoms with Crippen LogP contribution in [0.25, 0.3) is 17.0 Å². The summed E-state index contributed by atoms with van der Waals surface area (Å²) in [5, 5.41) is 11.4. The second-order valence-corrected chi connectivity index (χ2v) is 10.4. The lowest BCUT2D eigenvalue weighted by atomic mass is 10.1. The van der Waals surface area contributed by atoms with E-state index in [0.717, 1.165) is 22.0 Å². The Labute approximate surface area is 220 Å². The molecule has 4 aromatic rings. The second-order valence-electron chi connectivity index (χ2n) is 7.84. The van der Waals surface area contributed by atoms with Crippen LogP contribution in [0.3, 0.4) is 0 Å². The smallest absolute Gasteiger partial charge is 0.335 e. The van der Waals surface area contributed by atoms with Crippen molar-refractivity contribution in [2.45, 2.75) is 6.54 Å². The first-order valence-electron chi connectivity index (χ1n) is 10.4. The Morgan fingerprint density at radius 3 is 2.63 bits per heavy atom. The maximum Gasteiger partial charge on any atom is 0.335 e. The summed E-state index contributed by atoms with van der Waals surface area (Å²) in [6, 6.07) is 19.5. The van der Waals surface area contributed by atoms with E-state index in [0.29, 0.717) is 31.5 Å². The number of carboxylic acid groups (broad SMARTS) is 1. The summed E-state index contributed by atoms with van der Waals surface area (Å²) in [5.41, 5.74) is 3.30. The zero-order chi connectivity index (χ0) is 24.7. The molecule has 0 bridgehead atoms. The van der Waals surface area contributed by atoms with E-state index in [4.69, 9.17) is 35.4 Å². The molecule has 1 aliphatic rings. The van der Waals surface area contributed by atoms with Gasteiger partial charge in [0.1, 0.15) is 0 Å². The summed E-state index contributed by atoms with van der Waals surface area (Å²) in [4.78, 5) is 26.5. The van der Waals surface area contributed by atoms with E-state index in [-0.39, 0.29) is 11.5 Å². The van der Waals surface area contributed by atoms with Crippen molar-refractivity contribution in [3.8, 4) is 0 Å². The van der Waals surface area contributed by atoms with E-state index in [1.807, 2.05) is 42.6 Å². The first-order chi connectivity index (χ1) is 16.8. The van der Waals surface area contributed by atoms with Crippen molar-refractivity contribution in [2.24, 2.45) is 0 Å². The first-order valence-corrected chi connectivity index (χ1v) is 12.4. The Morgan fingerprint density at radius 2 is 1.86 bits per heavy atom. The van der Waals surface area contributed by atoms with Crippen LogP contribution in [0.1, 0.15) is 21.5 Å². The van der Waals surface area contributed by atoms with Crippen molar-refractivity contribution < 1.29 is 14.7 Å². The van der Waals surface area contributed by atoms with E-state index in [1.165, 1.54) is 28.8 Å². The molecule has 0 unspecified atom stereocenters. The number of benzene rings is 3. The largest absolute Gasteiger partial charge is 0.478 e. The molecule has 0 aliphatic carbocycles. The summed E-state index contributed by atoms with van der Waals surface area (Å²) < 4.78 is 2.42. The summed E-state index contributed by atoms with van der Waals surface area (Å²) in [6.45, 7) is 0.535. The standard InChI is InChI=1S/C26H16Cl2N2O3S2/c27-18-9-8-16(21(28)12-18)13-29-14-17(20-6-1-2-7-22(20)29)11-23-24(31)30(26(34)35-23)19-5-3-4-15(10-19)25(32)33/h1-12,14H,13H2,(H,32,33)/b23-11-. The van der Waals surface area contributed by atoms with Crippen LogP contribution in [0.15, 0.2) is 77.8 Å². The minimum atomic E-state index is -1.07. The predicted molar refractivity (Wildman–Crippen MR) is 147 cm³/mol. The molecule has 9 heteroatoms. The van der Waals surface area contributed by atoms with Crippen molar-refractivity contribution in [3.05, 3.63) is 105 Å². The van der Waals surface area contributed by atoms with Gasteiger partial charge in [-0.05, 0) is 48.0 Å². The highest BCUT2D eigenvalue weighted by Gasteiger charge is 2.33. The monoisotopic (exact) mass is 538 g/mol. The van der Waals surface area contributed by atoms with Gasteiger partial charge in [-0.15, -0.1) is 0 Å². The lowest BCUT2D eigenvalue weighted by Gasteiger charge is -2.14. The van der Waals surface area contributed by atoms with Crippen molar-refractivity contribution in [2.75, 3.05) is 4.90 Å². The molecular formula is C26H16Cl2N2O3S2. The van der Waals surface area contributed by atoms with Crippen LogP contribution in [0.4, 0.5) is 5.69 Å². The molecule has 0 radical (unpaired) electrons. The number of rotatable bonds is 5. The fraction of sp³-hybridized carbons (Fsp3) is 0.0385. The lowest BCUT2D eigenvalue weighted by molar-refractivity contribution is -0.113. The molecule has 5 rings (SSSR count). The Balaban J connectivity index is 1.52. The van der Waals surface area contributed by atoms with Gasteiger partial charge in [0.15, 0.2) is 4.32 Å². The fourth-order valence-electron chi connectivity index (χ4n) is 3.96. The van der Waals surface area contributed by atoms with Crippen LogP contribution in [0.5, 0.6) is 0 Å². The third-order valence-corrected chi connectivity index (χ3v) is 7.50. The molecule has 2 heterocycles. The average Bonchev–Trinajstić information content (AvgIpc) is 3.32. The maximum atomic E-state index is 13.3. The third kappa shape index (κ3) is 4.60. The molecule has 1 saturated heterocycles. The average molecular weight is 539 g/mol. The van der Waals surface area contributed by atoms with Crippen LogP contribution >= 0.6 is 47.2 Å². The summed E-state index contributed by atoms with van der Waals surface area (Å²) >= 11 is 19.1. The number of fused-ring (bicyclic) bond motifs is 1. The van der Waals surface area contributed by atoms with Gasteiger partial charge in [-0.1, -0.05) is 77.5 Å². The van der Waals surface area contributed by atoms with Crippen molar-refractivity contribution >= 4 is 86.0 Å². The number of thioether (sulfide) groups is 1. The number of carbonyl (C=O) groups is 2. The Kier molecular flexibility index (Phi) is 6.42. The topological polar surface area (TPSA) is 62.5 Å². The number of thiocarbonyl (C=S) groups is 1. The first kappa shape index (κ1) is 23.6. The number of carboxylic acids is 1. The number of hydrogen-bond donors (Lipinski definition) is 1. The number of anilines is 1. The summed E-state index contributed by atoms with van der Waals surface area (Å²) in [5.74, 6) is -1.36. The van der Waals surface area contributed by atoms with Crippen LogP contribution in [-0.4, -0.2) is 25.9 Å². The van der Waals surface area contributed by atoms with Gasteiger partial charge in [0, 0.05) is 39.3 Å². The molecule has 174 valence electrons. The molecule has 1 amide bonds. The number of aromatic carboxylic acids is 1. The van der Waals surface area contributed by atoms with E-state index in [2.05, 4.69) is 4.57 Å². The minimum Gasteiger partial charge on any atom is -0.478 e. The third-order valence-electron chi connectivity index (χ3n) is 5.61. The quantitative estimate of drug-likeness (QED) is 0.217. The number of nitrogens with zero attached hydrogens (tertiary/aromatic N) is 2. The number of amides is 1. The van der Waals surface area contributed by atoms with E-state index < -0.39 is 5.97 Å². The van der Waals surface area contributed by atoms with E-state index in [9.17, 15) is 14.7 Å². The maximum absolute atomic E-state index is 13.3. The normalized spacial score (nSPS) is 14.9. The molecule has 0 atom stereocenters. The summed E-state index contributed by atoms with van der Waals surface area (Å²) in [7, 11) is 0. The zero-order valence-electron chi connectivity index (χ0n) is 17.9. The molecule has 1 aromatic heterocycles. The van der Waals surface area contributed by atoms with Gasteiger partial charge < -0.3 is 9.67 Å². The van der Waals surface area contributed by atoms with E-state index in [1.54, 1.807) is 24.3 Å². The van der Waals surface area contributed by atoms with Crippen LogP contribution in [-0.2, 0) is 11.3 Å². The molecular weight excluding hydrogens is 523 g/mol. The van der Waals surface area contributed by atoms with Crippen molar-refractivity contribution in [1.82, 2.24) is 4.57 Å². The van der Waals surface area contributed by atoms with Gasteiger partial charge >= 0.3 is 5.97 Å². The number of hydrogen-bond acceptors (Lipinski definition) is 4. The van der Waals surface area contributed by atoms with Crippen molar-refractivity contribution in [1.29, 1.82) is 0 Å². The molecule has 1 fully saturated rings. The van der Waals surface area contributed by atoms with Crippen LogP contribution in [0, 0.1) is 0 Å². The molecule has 5 nitrogen and oxygen atoms in total. The minimum absolute atomic E-state index is 0.0875. The Hall–Kier alpha value is -3.10. The SMILES string of the molecule is O=C(O)c1cccc(N2C(=O)/C(=C/c3cn(Cc4ccc(Cl)cc4Cl)c4ccccc34)SC2=S)c1. The van der Waals surface area contributed by atoms with Crippen molar-refractivity contribution in [3.63, 3.8) is 0 Å². The van der Waals surface area contributed by atoms with E-state index >= 15 is 0 Å². The number of para-hydroxylation sites is 1. The predicted octanol–water partition coefficient (Wildman–Crippen LogP) is 7.10. The Morgan fingerprint density at radius 1 is 1.06 bits per heavy atom. The summed E-state index contributed by atoms with van der Waals surface area (Å²) in [6.07, 6.45) is 3.80. The number of carbonyl (C=O) groups excluding carboxylic acids is 1. The fourth-order valence-corrected chi connectivity index (χ4v) is 5.72. The highest BCUT2D eigenvalue weighted by atomic mass is 35.5. The Bertz CT molecular complexity index is 1560. The molecule has 1 aliphatic heterocycles. The highest BCUT2D eigenvalue weighted by Crippen LogP contribution is 2.37. The molecule has 3 aromatic carbocycles. The van der Waals surface area contributed by atoms with Gasteiger partial charge in [0.25, 0.3) is 5.91 Å². The second kappa shape index (κ2) is 9.51. The van der Waals surface area contributed by atoms with Crippen LogP contribution < -0.4 is 4.90 Å². The lowest BCUT2D eigenvalue weighted by Crippen LogP contribution is -2.27. The molecule has 35 heavy (non-hydrogen) atoms. The van der Waals surface area contributed by atoms with Crippen LogP contribution in [0.2, 0.25) is 10.0 Å². The number of aromatic nitrogens is 1. The van der Waals surface area contributed by atoms with Gasteiger partial charge in [0.2, 0.25) is 0 Å². The van der Waals surface area contributed by atoms with Gasteiger partial charge in [-0.25, -0.2) is 4.79 Å². The highest BCUT2D eigenvalue weighted by molar-refractivity contribution is 8.27. The van der Waals surface area contributed by atoms with Gasteiger partial charge in [-0.2, -0.15) is 0 Å². The molecule has 1 N–H and O–H groups in total. The van der Waals surface area contributed by atoms with Gasteiger partial charge in [-0.3, -0.25) is 9.69 Å².